The topological polar surface area (TPSA) is 82.3 Å². The Morgan fingerprint density at radius 3 is 2.81 bits per heavy atom. The fourth-order valence-corrected chi connectivity index (χ4v) is 4.87. The number of thiazole rings is 1. The Kier molecular flexibility index (Phi) is 6.26. The number of non-ortho nitro benzene ring substituents is 1. The molecular weight excluding hydrogens is 372 g/mol. The molecule has 0 aliphatic heterocycles. The molecule has 0 unspecified atom stereocenters. The van der Waals surface area contributed by atoms with Crippen molar-refractivity contribution in [2.45, 2.75) is 48.3 Å². The smallest absolute Gasteiger partial charge is 0.339 e. The number of benzene rings is 1. The van der Waals surface area contributed by atoms with Gasteiger partial charge >= 0.3 is 5.97 Å². The third kappa shape index (κ3) is 4.82. The van der Waals surface area contributed by atoms with Crippen LogP contribution in [0.2, 0.25) is 0 Å². The third-order valence-electron chi connectivity index (χ3n) is 4.36. The van der Waals surface area contributed by atoms with Crippen molar-refractivity contribution in [3.63, 3.8) is 0 Å². The summed E-state index contributed by atoms with van der Waals surface area (Å²) in [5.41, 5.74) is 1.02. The highest BCUT2D eigenvalue weighted by atomic mass is 32.2. The molecule has 0 amide bonds. The molecule has 0 bridgehead atoms. The van der Waals surface area contributed by atoms with Gasteiger partial charge in [0.25, 0.3) is 5.69 Å². The molecule has 2 aromatic rings. The van der Waals surface area contributed by atoms with Crippen LogP contribution in [0.25, 0.3) is 0 Å². The maximum Gasteiger partial charge on any atom is 0.339 e. The summed E-state index contributed by atoms with van der Waals surface area (Å²) in [4.78, 5) is 28.2. The van der Waals surface area contributed by atoms with Crippen molar-refractivity contribution in [1.82, 2.24) is 4.98 Å². The monoisotopic (exact) mass is 392 g/mol. The van der Waals surface area contributed by atoms with E-state index in [-0.39, 0.29) is 11.3 Å². The van der Waals surface area contributed by atoms with Crippen LogP contribution in [-0.4, -0.2) is 22.5 Å². The standard InChI is InChI=1S/C18H20N2O4S2/c1-12-11-25-18(19-12)26-16-8-7-14(20(22)23)9-15(16)17(21)24-10-13-5-3-2-4-6-13/h7-9,11,13H,2-6,10H2,1H3. The van der Waals surface area contributed by atoms with E-state index in [1.165, 1.54) is 54.5 Å². The van der Waals surface area contributed by atoms with E-state index in [2.05, 4.69) is 4.98 Å². The molecule has 0 atom stereocenters. The summed E-state index contributed by atoms with van der Waals surface area (Å²) in [5.74, 6) is -0.112. The van der Waals surface area contributed by atoms with E-state index in [0.717, 1.165) is 22.9 Å². The van der Waals surface area contributed by atoms with Gasteiger partial charge in [0.2, 0.25) is 0 Å². The molecule has 0 N–H and O–H groups in total. The van der Waals surface area contributed by atoms with Crippen LogP contribution in [0.5, 0.6) is 0 Å². The number of nitrogens with zero attached hydrogens (tertiary/aromatic N) is 2. The van der Waals surface area contributed by atoms with Crippen LogP contribution in [0.15, 0.2) is 32.8 Å². The van der Waals surface area contributed by atoms with E-state index in [4.69, 9.17) is 4.74 Å². The van der Waals surface area contributed by atoms with E-state index in [0.29, 0.717) is 17.4 Å². The molecule has 1 aromatic carbocycles. The minimum Gasteiger partial charge on any atom is -0.462 e. The maximum absolute atomic E-state index is 12.6. The molecule has 26 heavy (non-hydrogen) atoms. The number of aryl methyl sites for hydroxylation is 1. The fourth-order valence-electron chi connectivity index (χ4n) is 2.98. The highest BCUT2D eigenvalue weighted by molar-refractivity contribution is 8.01. The molecular formula is C18H20N2O4S2. The summed E-state index contributed by atoms with van der Waals surface area (Å²) < 4.78 is 6.28. The first kappa shape index (κ1) is 18.8. The third-order valence-corrected chi connectivity index (χ3v) is 6.50. The zero-order valence-corrected chi connectivity index (χ0v) is 16.1. The van der Waals surface area contributed by atoms with Crippen molar-refractivity contribution >= 4 is 34.8 Å². The van der Waals surface area contributed by atoms with Crippen LogP contribution in [0, 0.1) is 23.0 Å². The molecule has 6 nitrogen and oxygen atoms in total. The summed E-state index contributed by atoms with van der Waals surface area (Å²) in [6, 6.07) is 4.30. The van der Waals surface area contributed by atoms with Crippen LogP contribution >= 0.6 is 23.1 Å². The summed E-state index contributed by atoms with van der Waals surface area (Å²) in [5, 5.41) is 13.0. The molecule has 1 fully saturated rings. The zero-order valence-electron chi connectivity index (χ0n) is 14.5. The number of carbonyl (C=O) groups excluding carboxylic acids is 1. The van der Waals surface area contributed by atoms with Gasteiger partial charge < -0.3 is 4.74 Å². The van der Waals surface area contributed by atoms with Crippen LogP contribution < -0.4 is 0 Å². The van der Waals surface area contributed by atoms with Gasteiger partial charge in [0.15, 0.2) is 4.34 Å². The van der Waals surface area contributed by atoms with Crippen LogP contribution in [0.1, 0.15) is 48.2 Å². The summed E-state index contributed by atoms with van der Waals surface area (Å²) in [7, 11) is 0. The lowest BCUT2D eigenvalue weighted by Crippen LogP contribution is -2.17. The van der Waals surface area contributed by atoms with Crippen molar-refractivity contribution in [2.24, 2.45) is 5.92 Å². The van der Waals surface area contributed by atoms with Gasteiger partial charge in [-0.3, -0.25) is 10.1 Å². The quantitative estimate of drug-likeness (QED) is 0.379. The number of rotatable bonds is 6. The lowest BCUT2D eigenvalue weighted by atomic mass is 9.90. The first-order valence-corrected chi connectivity index (χ1v) is 10.3. The molecule has 0 spiro atoms. The number of nitro groups is 1. The number of esters is 1. The minimum absolute atomic E-state index is 0.116. The van der Waals surface area contributed by atoms with E-state index >= 15 is 0 Å². The number of hydrogen-bond acceptors (Lipinski definition) is 7. The van der Waals surface area contributed by atoms with Gasteiger partial charge in [-0.25, -0.2) is 9.78 Å². The van der Waals surface area contributed by atoms with Gasteiger partial charge in [0, 0.05) is 28.1 Å². The highest BCUT2D eigenvalue weighted by Gasteiger charge is 2.21. The summed E-state index contributed by atoms with van der Waals surface area (Å²) in [6.07, 6.45) is 5.72. The van der Waals surface area contributed by atoms with Gasteiger partial charge in [-0.1, -0.05) is 31.0 Å². The van der Waals surface area contributed by atoms with Gasteiger partial charge in [0.1, 0.15) is 0 Å². The number of hydrogen-bond donors (Lipinski definition) is 0. The first-order chi connectivity index (χ1) is 12.5. The van der Waals surface area contributed by atoms with Gasteiger partial charge in [-0.15, -0.1) is 11.3 Å². The number of ether oxygens (including phenoxy) is 1. The van der Waals surface area contributed by atoms with Crippen LogP contribution in [0.3, 0.4) is 0 Å². The molecule has 1 aromatic heterocycles. The van der Waals surface area contributed by atoms with E-state index in [9.17, 15) is 14.9 Å². The van der Waals surface area contributed by atoms with Gasteiger partial charge in [0.05, 0.1) is 17.1 Å². The Hall–Kier alpha value is -1.93. The van der Waals surface area contributed by atoms with Crippen LogP contribution in [0.4, 0.5) is 5.69 Å². The second kappa shape index (κ2) is 8.64. The predicted molar refractivity (Wildman–Crippen MR) is 101 cm³/mol. The van der Waals surface area contributed by atoms with Gasteiger partial charge in [-0.05, 0) is 31.7 Å². The van der Waals surface area contributed by atoms with E-state index in [1.807, 2.05) is 12.3 Å². The van der Waals surface area contributed by atoms with Crippen molar-refractivity contribution in [1.29, 1.82) is 0 Å². The Labute approximate surface area is 160 Å². The summed E-state index contributed by atoms with van der Waals surface area (Å²) >= 11 is 2.81. The fraction of sp³-hybridized carbons (Fsp3) is 0.444. The molecule has 138 valence electrons. The Morgan fingerprint density at radius 2 is 2.15 bits per heavy atom. The second-order valence-corrected chi connectivity index (χ2v) is 8.54. The molecule has 1 heterocycles. The normalized spacial score (nSPS) is 15.0. The van der Waals surface area contributed by atoms with Crippen molar-refractivity contribution in [2.75, 3.05) is 6.61 Å². The molecule has 0 radical (unpaired) electrons. The first-order valence-electron chi connectivity index (χ1n) is 8.58. The average molecular weight is 393 g/mol. The molecule has 8 heteroatoms. The molecule has 3 rings (SSSR count). The molecule has 0 saturated heterocycles. The second-order valence-electron chi connectivity index (χ2n) is 6.40. The predicted octanol–water partition coefficient (Wildman–Crippen LogP) is 5.25. The highest BCUT2D eigenvalue weighted by Crippen LogP contribution is 2.35. The largest absolute Gasteiger partial charge is 0.462 e. The van der Waals surface area contributed by atoms with Crippen molar-refractivity contribution < 1.29 is 14.5 Å². The van der Waals surface area contributed by atoms with Crippen molar-refractivity contribution in [3.8, 4) is 0 Å². The van der Waals surface area contributed by atoms with Crippen LogP contribution in [-0.2, 0) is 4.74 Å². The van der Waals surface area contributed by atoms with E-state index in [1.54, 1.807) is 6.07 Å². The molecule has 1 aliphatic carbocycles. The summed E-state index contributed by atoms with van der Waals surface area (Å²) in [6.45, 7) is 2.28. The Morgan fingerprint density at radius 1 is 1.38 bits per heavy atom. The molecule has 1 aliphatic rings. The van der Waals surface area contributed by atoms with Crippen molar-refractivity contribution in [3.05, 3.63) is 45.0 Å². The maximum atomic E-state index is 12.6. The minimum atomic E-state index is -0.505. The van der Waals surface area contributed by atoms with Gasteiger partial charge in [-0.2, -0.15) is 0 Å². The molecule has 1 saturated carbocycles. The Balaban J connectivity index is 1.78. The Bertz CT molecular complexity index is 800. The lowest BCUT2D eigenvalue weighted by molar-refractivity contribution is -0.384. The van der Waals surface area contributed by atoms with E-state index < -0.39 is 10.9 Å². The number of aromatic nitrogens is 1. The average Bonchev–Trinajstić information content (AvgIpc) is 3.05. The zero-order chi connectivity index (χ0) is 18.5. The number of carbonyl (C=O) groups is 1. The number of nitro benzene ring substituents is 1. The SMILES string of the molecule is Cc1csc(Sc2ccc([N+](=O)[O-])cc2C(=O)OCC2CCCCC2)n1. The lowest BCUT2D eigenvalue weighted by Gasteiger charge is -2.21.